The molecular weight excluding hydrogens is 665 g/mol. The fraction of sp³-hybridized carbons (Fsp3) is 0.308. The summed E-state index contributed by atoms with van der Waals surface area (Å²) in [5.74, 6) is 0.0418. The average molecular weight is 695 g/mol. The number of ketones is 1. The van der Waals surface area contributed by atoms with Crippen LogP contribution < -0.4 is 11.5 Å². The molecule has 48 heavy (non-hydrogen) atoms. The van der Waals surface area contributed by atoms with Gasteiger partial charge >= 0.3 is 5.97 Å². The van der Waals surface area contributed by atoms with E-state index in [1.165, 1.54) is 43.9 Å². The molecule has 0 spiro atoms. The highest BCUT2D eigenvalue weighted by Crippen LogP contribution is 2.35. The lowest BCUT2D eigenvalue weighted by Crippen LogP contribution is -2.09. The number of thioether (sulfide) groups is 1. The normalized spacial score (nSPS) is 11.8. The molecule has 5 aromatic rings. The van der Waals surface area contributed by atoms with Gasteiger partial charge in [0.2, 0.25) is 0 Å². The molecule has 0 fully saturated rings. The van der Waals surface area contributed by atoms with Gasteiger partial charge in [-0.1, -0.05) is 0 Å². The molecule has 0 saturated heterocycles. The summed E-state index contributed by atoms with van der Waals surface area (Å²) >= 11 is 5.48. The molecule has 5 heterocycles. The van der Waals surface area contributed by atoms with Crippen LogP contribution in [0.3, 0.4) is 0 Å². The Morgan fingerprint density at radius 2 is 1.42 bits per heavy atom. The SMILES string of the molecule is COC(=O)c1c(CS)nn(C)c1N=Nc1c(C)nn(-c2cc(-n3nc(C)c(N=Nc4c(C(=O)CO)c(SC)nn4C)c3N)ncn2)c1N. The van der Waals surface area contributed by atoms with E-state index in [1.807, 2.05) is 0 Å². The third-order valence-electron chi connectivity index (χ3n) is 6.92. The van der Waals surface area contributed by atoms with Crippen molar-refractivity contribution in [3.63, 3.8) is 0 Å². The van der Waals surface area contributed by atoms with Crippen molar-refractivity contribution in [1.82, 2.24) is 49.1 Å². The maximum absolute atomic E-state index is 12.4. The molecule has 0 saturated carbocycles. The number of nitrogens with two attached hydrogens (primary N) is 2. The number of anilines is 2. The molecule has 0 aliphatic heterocycles. The highest BCUT2D eigenvalue weighted by atomic mass is 32.2. The zero-order chi connectivity index (χ0) is 34.9. The van der Waals surface area contributed by atoms with E-state index < -0.39 is 18.4 Å². The molecule has 0 bridgehead atoms. The van der Waals surface area contributed by atoms with Crippen LogP contribution in [0.15, 0.2) is 37.9 Å². The first-order valence-corrected chi connectivity index (χ1v) is 15.7. The van der Waals surface area contributed by atoms with E-state index >= 15 is 0 Å². The van der Waals surface area contributed by atoms with Crippen LogP contribution in [0.5, 0.6) is 0 Å². The Morgan fingerprint density at radius 3 is 1.90 bits per heavy atom. The number of aliphatic hydroxyl groups is 1. The quantitative estimate of drug-likeness (QED) is 0.0510. The number of aliphatic hydroxyl groups excluding tert-OH is 1. The summed E-state index contributed by atoms with van der Waals surface area (Å²) < 4.78 is 10.4. The van der Waals surface area contributed by atoms with Gasteiger partial charge in [-0.25, -0.2) is 24.1 Å². The molecule has 0 unspecified atom stereocenters. The molecule has 0 radical (unpaired) electrons. The summed E-state index contributed by atoms with van der Waals surface area (Å²) in [7, 11) is 4.48. The van der Waals surface area contributed by atoms with Gasteiger partial charge < -0.3 is 21.3 Å². The summed E-state index contributed by atoms with van der Waals surface area (Å²) in [5, 5.41) is 44.4. The number of carbonyl (C=O) groups is 2. The van der Waals surface area contributed by atoms with Crippen LogP contribution in [0.1, 0.15) is 37.8 Å². The van der Waals surface area contributed by atoms with Crippen molar-refractivity contribution in [2.75, 3.05) is 31.4 Å². The minimum atomic E-state index is -0.709. The molecule has 0 aliphatic carbocycles. The van der Waals surface area contributed by atoms with E-state index in [2.05, 4.69) is 63.4 Å². The molecule has 0 aliphatic rings. The number of nitrogen functional groups attached to an aromatic ring is 2. The summed E-state index contributed by atoms with van der Waals surface area (Å²) in [5.41, 5.74) is 14.8. The minimum Gasteiger partial charge on any atom is -0.465 e. The van der Waals surface area contributed by atoms with Gasteiger partial charge in [-0.05, 0) is 20.1 Å². The maximum atomic E-state index is 12.4. The van der Waals surface area contributed by atoms with Crippen LogP contribution in [0.2, 0.25) is 0 Å². The highest BCUT2D eigenvalue weighted by Gasteiger charge is 2.25. The van der Waals surface area contributed by atoms with E-state index in [4.69, 9.17) is 16.2 Å². The molecule has 5 rings (SSSR count). The number of carbonyl (C=O) groups excluding carboxylic acids is 2. The van der Waals surface area contributed by atoms with E-state index in [-0.39, 0.29) is 63.2 Å². The number of hydrogen-bond acceptors (Lipinski definition) is 18. The number of ether oxygens (including phenoxy) is 1. The fourth-order valence-electron chi connectivity index (χ4n) is 4.61. The number of nitrogens with zero attached hydrogens (tertiary/aromatic N) is 14. The van der Waals surface area contributed by atoms with Crippen molar-refractivity contribution in [1.29, 1.82) is 0 Å². The van der Waals surface area contributed by atoms with Crippen molar-refractivity contribution < 1.29 is 19.4 Å². The number of azo groups is 2. The Labute approximate surface area is 281 Å². The summed E-state index contributed by atoms with van der Waals surface area (Å²) in [6.45, 7) is 2.65. The Balaban J connectivity index is 1.49. The third-order valence-corrected chi connectivity index (χ3v) is 7.89. The van der Waals surface area contributed by atoms with Crippen LogP contribution in [0.25, 0.3) is 11.6 Å². The lowest BCUT2D eigenvalue weighted by atomic mass is 10.2. The number of Topliss-reactive ketones (excluding diaryl/α,β-unsaturated/α-hetero) is 1. The van der Waals surface area contributed by atoms with Gasteiger partial charge in [-0.3, -0.25) is 4.79 Å². The van der Waals surface area contributed by atoms with E-state index in [0.717, 1.165) is 0 Å². The van der Waals surface area contributed by atoms with Crippen LogP contribution in [-0.4, -0.2) is 85.9 Å². The summed E-state index contributed by atoms with van der Waals surface area (Å²) in [6, 6.07) is 1.55. The smallest absolute Gasteiger partial charge is 0.343 e. The number of hydrogen-bond donors (Lipinski definition) is 4. The second-order valence-corrected chi connectivity index (χ2v) is 11.0. The maximum Gasteiger partial charge on any atom is 0.343 e. The van der Waals surface area contributed by atoms with Crippen molar-refractivity contribution >= 4 is 70.8 Å². The lowest BCUT2D eigenvalue weighted by molar-refractivity contribution is 0.0600. The molecule has 250 valence electrons. The first-order chi connectivity index (χ1) is 22.9. The molecule has 0 atom stereocenters. The van der Waals surface area contributed by atoms with Gasteiger partial charge in [0.05, 0.1) is 24.2 Å². The zero-order valence-electron chi connectivity index (χ0n) is 26.5. The third kappa shape index (κ3) is 6.02. The van der Waals surface area contributed by atoms with Crippen LogP contribution >= 0.6 is 24.4 Å². The molecule has 5 aromatic heterocycles. The number of esters is 1. The first-order valence-electron chi connectivity index (χ1n) is 13.8. The number of aryl methyl sites for hydroxylation is 4. The van der Waals surface area contributed by atoms with E-state index in [0.29, 0.717) is 22.1 Å². The van der Waals surface area contributed by atoms with Gasteiger partial charge in [0.1, 0.15) is 29.1 Å². The van der Waals surface area contributed by atoms with Crippen molar-refractivity contribution in [3.8, 4) is 11.6 Å². The second kappa shape index (κ2) is 13.7. The van der Waals surface area contributed by atoms with E-state index in [1.54, 1.807) is 40.3 Å². The molecule has 0 amide bonds. The molecule has 22 heteroatoms. The summed E-state index contributed by atoms with van der Waals surface area (Å²) in [4.78, 5) is 33.4. The Morgan fingerprint density at radius 1 is 0.896 bits per heavy atom. The minimum absolute atomic E-state index is 0.0977. The van der Waals surface area contributed by atoms with Gasteiger partial charge in [-0.2, -0.15) is 42.4 Å². The zero-order valence-corrected chi connectivity index (χ0v) is 28.2. The average Bonchev–Trinajstić information content (AvgIpc) is 3.77. The number of thiol groups is 1. The highest BCUT2D eigenvalue weighted by molar-refractivity contribution is 7.98. The van der Waals surface area contributed by atoms with Gasteiger partial charge in [0.15, 0.2) is 52.1 Å². The fourth-order valence-corrected chi connectivity index (χ4v) is 5.45. The molecule has 5 N–H and O–H groups in total. The van der Waals surface area contributed by atoms with Crippen LogP contribution in [0.4, 0.5) is 34.6 Å². The molecule has 0 aromatic carbocycles. The lowest BCUT2D eigenvalue weighted by Gasteiger charge is -2.06. The molecule has 20 nitrogen and oxygen atoms in total. The predicted octanol–water partition coefficient (Wildman–Crippen LogP) is 3.04. The number of methoxy groups -OCH3 is 1. The number of aromatic nitrogens is 10. The monoisotopic (exact) mass is 694 g/mol. The first kappa shape index (κ1) is 33.9. The van der Waals surface area contributed by atoms with Crippen LogP contribution in [0, 0.1) is 13.8 Å². The van der Waals surface area contributed by atoms with Crippen molar-refractivity contribution in [3.05, 3.63) is 40.6 Å². The Bertz CT molecular complexity index is 1960. The predicted molar refractivity (Wildman–Crippen MR) is 177 cm³/mol. The van der Waals surface area contributed by atoms with Crippen LogP contribution in [-0.2, 0) is 24.6 Å². The second-order valence-electron chi connectivity index (χ2n) is 9.93. The molecular formula is C26H30N16O4S2. The topological polar surface area (TPSA) is 262 Å². The van der Waals surface area contributed by atoms with E-state index in [9.17, 15) is 14.7 Å². The Hall–Kier alpha value is -5.48. The van der Waals surface area contributed by atoms with Gasteiger partial charge in [0.25, 0.3) is 0 Å². The largest absolute Gasteiger partial charge is 0.465 e. The number of rotatable bonds is 11. The van der Waals surface area contributed by atoms with Gasteiger partial charge in [0, 0.05) is 25.9 Å². The Kier molecular flexibility index (Phi) is 9.67. The van der Waals surface area contributed by atoms with Crippen molar-refractivity contribution in [2.45, 2.75) is 24.6 Å². The standard InChI is InChI=1S/C26H30N16O4S2/c1-11-19(31-33-23-17(26(45)46-5)13(9-47)37-39(23)3)21(27)41(35-11)15-7-16(30-10-29-15)42-22(28)20(12(2)36-42)32-34-24-18(14(44)8-43)25(48-6)38-40(24)4/h7,10,43,47H,8-9,27-28H2,1-6H3. The van der Waals surface area contributed by atoms with Crippen molar-refractivity contribution in [2.24, 2.45) is 34.6 Å². The van der Waals surface area contributed by atoms with Gasteiger partial charge in [-0.15, -0.1) is 32.2 Å². The summed E-state index contributed by atoms with van der Waals surface area (Å²) in [6.07, 6.45) is 3.04.